The zero-order valence-corrected chi connectivity index (χ0v) is 18.8. The highest BCUT2D eigenvalue weighted by molar-refractivity contribution is 7.99. The minimum absolute atomic E-state index is 0.00371. The van der Waals surface area contributed by atoms with Crippen LogP contribution in [0.5, 0.6) is 5.75 Å². The van der Waals surface area contributed by atoms with E-state index in [-0.39, 0.29) is 11.5 Å². The number of ether oxygens (including phenoxy) is 1. The summed E-state index contributed by atoms with van der Waals surface area (Å²) in [5.41, 5.74) is 5.04. The molecular formula is C22H16N4O2S3. The molecule has 5 aromatic rings. The molecule has 0 amide bonds. The van der Waals surface area contributed by atoms with Crippen molar-refractivity contribution in [3.8, 4) is 28.3 Å². The normalized spacial score (nSPS) is 11.1. The van der Waals surface area contributed by atoms with Crippen LogP contribution < -0.4 is 4.74 Å². The highest BCUT2D eigenvalue weighted by atomic mass is 32.2. The molecule has 0 aliphatic rings. The predicted octanol–water partition coefficient (Wildman–Crippen LogP) is 5.79. The highest BCUT2D eigenvalue weighted by Crippen LogP contribution is 2.32. The molecule has 0 radical (unpaired) electrons. The maximum atomic E-state index is 12.9. The molecule has 0 atom stereocenters. The second-order valence-corrected chi connectivity index (χ2v) is 9.14. The van der Waals surface area contributed by atoms with E-state index in [2.05, 4.69) is 15.2 Å². The quantitative estimate of drug-likeness (QED) is 0.242. The third kappa shape index (κ3) is 3.99. The van der Waals surface area contributed by atoms with E-state index in [0.29, 0.717) is 10.7 Å². The Morgan fingerprint density at radius 2 is 1.84 bits per heavy atom. The summed E-state index contributed by atoms with van der Waals surface area (Å²) in [6, 6.07) is 9.65. The van der Waals surface area contributed by atoms with Gasteiger partial charge in [-0.3, -0.25) is 4.79 Å². The van der Waals surface area contributed by atoms with Crippen molar-refractivity contribution in [3.63, 3.8) is 0 Å². The molecule has 1 aromatic carbocycles. The smallest absolute Gasteiger partial charge is 0.210 e. The van der Waals surface area contributed by atoms with Crippen LogP contribution in [0.3, 0.4) is 0 Å². The Morgan fingerprint density at radius 3 is 2.55 bits per heavy atom. The minimum Gasteiger partial charge on any atom is -0.497 e. The number of nitrogens with zero attached hydrogens (tertiary/aromatic N) is 3. The van der Waals surface area contributed by atoms with Crippen molar-refractivity contribution in [2.24, 2.45) is 0 Å². The summed E-state index contributed by atoms with van der Waals surface area (Å²) in [7, 11) is 1.62. The van der Waals surface area contributed by atoms with Crippen molar-refractivity contribution < 1.29 is 9.53 Å². The number of H-pyrrole nitrogens is 1. The molecule has 0 saturated heterocycles. The van der Waals surface area contributed by atoms with Gasteiger partial charge in [0.25, 0.3) is 0 Å². The molecule has 5 rings (SSSR count). The summed E-state index contributed by atoms with van der Waals surface area (Å²) in [4.78, 5) is 20.7. The molecule has 4 aromatic heterocycles. The van der Waals surface area contributed by atoms with Gasteiger partial charge in [0.2, 0.25) is 5.16 Å². The first-order valence-corrected chi connectivity index (χ1v) is 12.2. The van der Waals surface area contributed by atoms with Crippen molar-refractivity contribution in [2.45, 2.75) is 5.16 Å². The fourth-order valence-electron chi connectivity index (χ4n) is 3.24. The van der Waals surface area contributed by atoms with E-state index in [0.717, 1.165) is 39.2 Å². The Morgan fingerprint density at radius 1 is 1.06 bits per heavy atom. The molecule has 1 N–H and O–H groups in total. The first-order valence-electron chi connectivity index (χ1n) is 9.34. The van der Waals surface area contributed by atoms with Crippen molar-refractivity contribution in [3.05, 3.63) is 63.6 Å². The Bertz CT molecular complexity index is 1340. The molecule has 6 nitrogen and oxygen atoms in total. The topological polar surface area (TPSA) is 80.8 Å². The van der Waals surface area contributed by atoms with E-state index in [1.165, 1.54) is 11.8 Å². The zero-order valence-electron chi connectivity index (χ0n) is 16.4. The van der Waals surface area contributed by atoms with E-state index in [1.54, 1.807) is 36.0 Å². The second kappa shape index (κ2) is 8.62. The number of hydrogen-bond acceptors (Lipinski definition) is 8. The lowest BCUT2D eigenvalue weighted by atomic mass is 10.1. The Labute approximate surface area is 190 Å². The number of thiophene rings is 2. The van der Waals surface area contributed by atoms with Gasteiger partial charge < -0.3 is 9.72 Å². The average molecular weight is 465 g/mol. The van der Waals surface area contributed by atoms with Gasteiger partial charge in [-0.15, -0.1) is 10.2 Å². The number of ketones is 1. The fraction of sp³-hybridized carbons (Fsp3) is 0.0909. The number of Topliss-reactive ketones (excluding diaryl/α,β-unsaturated/α-hetero) is 1. The molecule has 0 aliphatic carbocycles. The standard InChI is InChI=1S/C22H16N4O2S3/c1-28-15-2-3-16-17(9-23-18(16)8-15)19(27)12-31-22-24-20(13-4-6-29-10-13)21(25-26-22)14-5-7-30-11-14/h2-11,23H,12H2,1H3. The highest BCUT2D eigenvalue weighted by Gasteiger charge is 2.17. The number of fused-ring (bicyclic) bond motifs is 1. The number of carbonyl (C=O) groups is 1. The number of benzene rings is 1. The van der Waals surface area contributed by atoms with Crippen LogP contribution in [-0.2, 0) is 0 Å². The van der Waals surface area contributed by atoms with Gasteiger partial charge in [0.15, 0.2) is 5.78 Å². The molecule has 0 unspecified atom stereocenters. The summed E-state index contributed by atoms with van der Waals surface area (Å²) in [5, 5.41) is 18.2. The van der Waals surface area contributed by atoms with Gasteiger partial charge in [-0.25, -0.2) is 4.98 Å². The van der Waals surface area contributed by atoms with E-state index in [1.807, 2.05) is 51.9 Å². The van der Waals surface area contributed by atoms with Gasteiger partial charge in [-0.2, -0.15) is 22.7 Å². The predicted molar refractivity (Wildman–Crippen MR) is 126 cm³/mol. The SMILES string of the molecule is COc1ccc2c(C(=O)CSc3nnc(-c4ccsc4)c(-c4ccsc4)n3)c[nH]c2c1. The number of methoxy groups -OCH3 is 1. The summed E-state index contributed by atoms with van der Waals surface area (Å²) in [6.07, 6.45) is 1.74. The van der Waals surface area contributed by atoms with E-state index >= 15 is 0 Å². The monoisotopic (exact) mass is 464 g/mol. The van der Waals surface area contributed by atoms with Crippen LogP contribution in [0.2, 0.25) is 0 Å². The number of aromatic amines is 1. The van der Waals surface area contributed by atoms with Gasteiger partial charge >= 0.3 is 0 Å². The van der Waals surface area contributed by atoms with Crippen LogP contribution in [0.25, 0.3) is 33.4 Å². The van der Waals surface area contributed by atoms with Crippen molar-refractivity contribution >= 4 is 51.1 Å². The molecule has 9 heteroatoms. The first-order chi connectivity index (χ1) is 15.2. The summed E-state index contributed by atoms with van der Waals surface area (Å²) < 4.78 is 5.24. The molecular weight excluding hydrogens is 448 g/mol. The largest absolute Gasteiger partial charge is 0.497 e. The maximum absolute atomic E-state index is 12.9. The number of hydrogen-bond donors (Lipinski definition) is 1. The van der Waals surface area contributed by atoms with Crippen molar-refractivity contribution in [1.29, 1.82) is 0 Å². The molecule has 31 heavy (non-hydrogen) atoms. The second-order valence-electron chi connectivity index (χ2n) is 6.64. The average Bonchev–Trinajstić information content (AvgIpc) is 3.58. The molecule has 0 fully saturated rings. The number of rotatable bonds is 7. The molecule has 4 heterocycles. The molecule has 0 saturated carbocycles. The number of thioether (sulfide) groups is 1. The van der Waals surface area contributed by atoms with Gasteiger partial charge in [0.1, 0.15) is 17.1 Å². The van der Waals surface area contributed by atoms with Crippen molar-refractivity contribution in [1.82, 2.24) is 20.2 Å². The Balaban J connectivity index is 1.39. The molecule has 0 bridgehead atoms. The summed E-state index contributed by atoms with van der Waals surface area (Å²) in [6.45, 7) is 0. The van der Waals surface area contributed by atoms with Crippen LogP contribution in [-0.4, -0.2) is 38.8 Å². The fourth-order valence-corrected chi connectivity index (χ4v) is 5.19. The van der Waals surface area contributed by atoms with Crippen LogP contribution in [0.1, 0.15) is 10.4 Å². The van der Waals surface area contributed by atoms with E-state index in [4.69, 9.17) is 9.72 Å². The number of carbonyl (C=O) groups excluding carboxylic acids is 1. The van der Waals surface area contributed by atoms with Crippen LogP contribution in [0, 0.1) is 0 Å². The molecule has 0 aliphatic heterocycles. The Kier molecular flexibility index (Phi) is 5.54. The summed E-state index contributed by atoms with van der Waals surface area (Å²) in [5.74, 6) is 0.972. The van der Waals surface area contributed by atoms with Gasteiger partial charge in [0.05, 0.1) is 12.9 Å². The summed E-state index contributed by atoms with van der Waals surface area (Å²) >= 11 is 4.51. The Hall–Kier alpha value is -3.01. The van der Waals surface area contributed by atoms with Gasteiger partial charge in [-0.05, 0) is 35.0 Å². The van der Waals surface area contributed by atoms with Crippen LogP contribution >= 0.6 is 34.4 Å². The van der Waals surface area contributed by atoms with Gasteiger partial charge in [0, 0.05) is 50.6 Å². The van der Waals surface area contributed by atoms with Crippen LogP contribution in [0.15, 0.2) is 63.2 Å². The van der Waals surface area contributed by atoms with Crippen LogP contribution in [0.4, 0.5) is 0 Å². The molecule has 154 valence electrons. The zero-order chi connectivity index (χ0) is 21.2. The van der Waals surface area contributed by atoms with E-state index in [9.17, 15) is 4.79 Å². The van der Waals surface area contributed by atoms with Gasteiger partial charge in [-0.1, -0.05) is 11.8 Å². The third-order valence-corrected chi connectivity index (χ3v) is 6.98. The first kappa shape index (κ1) is 19.9. The third-order valence-electron chi connectivity index (χ3n) is 4.78. The molecule has 0 spiro atoms. The lowest BCUT2D eigenvalue weighted by Gasteiger charge is -2.06. The number of aromatic nitrogens is 4. The number of nitrogens with one attached hydrogen (secondary N) is 1. The minimum atomic E-state index is 0.00371. The maximum Gasteiger partial charge on any atom is 0.210 e. The van der Waals surface area contributed by atoms with E-state index < -0.39 is 0 Å². The lowest BCUT2D eigenvalue weighted by molar-refractivity contribution is 0.102. The van der Waals surface area contributed by atoms with Crippen molar-refractivity contribution in [2.75, 3.05) is 12.9 Å². The lowest BCUT2D eigenvalue weighted by Crippen LogP contribution is -2.04.